The lowest BCUT2D eigenvalue weighted by Crippen LogP contribution is -1.87. The Morgan fingerprint density at radius 1 is 1.70 bits per heavy atom. The van der Waals surface area contributed by atoms with Gasteiger partial charge >= 0.3 is 0 Å². The molecular formula is C4H4N6. The van der Waals surface area contributed by atoms with Crippen molar-refractivity contribution < 1.29 is 0 Å². The molecular weight excluding hydrogens is 132 g/mol. The van der Waals surface area contributed by atoms with Crippen LogP contribution in [0.5, 0.6) is 0 Å². The van der Waals surface area contributed by atoms with Crippen LogP contribution in [0.4, 0.5) is 11.5 Å². The SMILES string of the molecule is [N-]=[N+]=Nc1cc(N)cnn1. The van der Waals surface area contributed by atoms with Crippen LogP contribution in [-0.2, 0) is 0 Å². The van der Waals surface area contributed by atoms with E-state index in [0.717, 1.165) is 0 Å². The summed E-state index contributed by atoms with van der Waals surface area (Å²) >= 11 is 0. The minimum absolute atomic E-state index is 0.183. The maximum atomic E-state index is 7.96. The van der Waals surface area contributed by atoms with Crippen molar-refractivity contribution in [1.29, 1.82) is 0 Å². The maximum Gasteiger partial charge on any atom is 0.151 e. The van der Waals surface area contributed by atoms with E-state index < -0.39 is 0 Å². The van der Waals surface area contributed by atoms with Crippen molar-refractivity contribution in [1.82, 2.24) is 10.2 Å². The molecule has 1 aromatic rings. The summed E-state index contributed by atoms with van der Waals surface area (Å²) in [6.07, 6.45) is 1.37. The van der Waals surface area contributed by atoms with Crippen molar-refractivity contribution in [3.05, 3.63) is 22.7 Å². The fourth-order valence-corrected chi connectivity index (χ4v) is 0.465. The molecule has 0 saturated heterocycles. The Hall–Kier alpha value is -1.81. The predicted molar refractivity (Wildman–Crippen MR) is 35.3 cm³/mol. The molecule has 10 heavy (non-hydrogen) atoms. The molecule has 0 radical (unpaired) electrons. The lowest BCUT2D eigenvalue weighted by Gasteiger charge is -1.89. The van der Waals surface area contributed by atoms with Crippen LogP contribution in [0, 0.1) is 0 Å². The highest BCUT2D eigenvalue weighted by Gasteiger charge is 1.89. The van der Waals surface area contributed by atoms with Gasteiger partial charge in [-0.1, -0.05) is 0 Å². The first-order valence-electron chi connectivity index (χ1n) is 2.46. The molecule has 1 heterocycles. The van der Waals surface area contributed by atoms with E-state index in [0.29, 0.717) is 5.69 Å². The third-order valence-corrected chi connectivity index (χ3v) is 0.810. The van der Waals surface area contributed by atoms with Crippen LogP contribution in [0.1, 0.15) is 0 Å². The molecule has 0 bridgehead atoms. The highest BCUT2D eigenvalue weighted by molar-refractivity contribution is 5.42. The van der Waals surface area contributed by atoms with Gasteiger partial charge in [-0.05, 0) is 16.7 Å². The second-order valence-electron chi connectivity index (χ2n) is 1.54. The van der Waals surface area contributed by atoms with Gasteiger partial charge in [0.05, 0.1) is 11.9 Å². The first-order chi connectivity index (χ1) is 4.83. The van der Waals surface area contributed by atoms with Crippen LogP contribution in [0.15, 0.2) is 17.4 Å². The Labute approximate surface area is 56.3 Å². The third-order valence-electron chi connectivity index (χ3n) is 0.810. The summed E-state index contributed by atoms with van der Waals surface area (Å²) in [6, 6.07) is 1.44. The number of hydrogen-bond donors (Lipinski definition) is 1. The Morgan fingerprint density at radius 3 is 3.10 bits per heavy atom. The second-order valence-corrected chi connectivity index (χ2v) is 1.54. The van der Waals surface area contributed by atoms with Gasteiger partial charge in [-0.3, -0.25) is 0 Å². The van der Waals surface area contributed by atoms with E-state index in [4.69, 9.17) is 11.3 Å². The minimum atomic E-state index is 0.183. The monoisotopic (exact) mass is 136 g/mol. The average Bonchev–Trinajstić information content (AvgIpc) is 1.88. The van der Waals surface area contributed by atoms with Gasteiger partial charge in [0.15, 0.2) is 5.82 Å². The fraction of sp³-hybridized carbons (Fsp3) is 0. The number of nitrogen functional groups attached to an aromatic ring is 1. The molecule has 2 N–H and O–H groups in total. The van der Waals surface area contributed by atoms with Crippen LogP contribution >= 0.6 is 0 Å². The smallest absolute Gasteiger partial charge is 0.151 e. The summed E-state index contributed by atoms with van der Waals surface area (Å²) in [5.74, 6) is 0.183. The zero-order valence-electron chi connectivity index (χ0n) is 4.97. The number of hydrogen-bond acceptors (Lipinski definition) is 4. The van der Waals surface area contributed by atoms with Crippen molar-refractivity contribution in [2.75, 3.05) is 5.73 Å². The average molecular weight is 136 g/mol. The number of nitrogens with zero attached hydrogens (tertiary/aromatic N) is 5. The summed E-state index contributed by atoms with van der Waals surface area (Å²) in [5.41, 5.74) is 13.7. The largest absolute Gasteiger partial charge is 0.397 e. The second kappa shape index (κ2) is 2.65. The Kier molecular flexibility index (Phi) is 1.67. The van der Waals surface area contributed by atoms with Crippen molar-refractivity contribution in [2.24, 2.45) is 5.11 Å². The quantitative estimate of drug-likeness (QED) is 0.354. The van der Waals surface area contributed by atoms with Gasteiger partial charge in [0, 0.05) is 4.91 Å². The van der Waals surface area contributed by atoms with Gasteiger partial charge in [-0.2, -0.15) is 5.10 Å². The molecule has 1 aromatic heterocycles. The zero-order valence-corrected chi connectivity index (χ0v) is 4.97. The molecule has 0 aliphatic rings. The zero-order chi connectivity index (χ0) is 7.40. The topological polar surface area (TPSA) is 101 Å². The third kappa shape index (κ3) is 1.33. The summed E-state index contributed by atoms with van der Waals surface area (Å²) in [5, 5.41) is 10.1. The van der Waals surface area contributed by atoms with Crippen LogP contribution in [0.3, 0.4) is 0 Å². The van der Waals surface area contributed by atoms with Gasteiger partial charge in [-0.15, -0.1) is 5.10 Å². The minimum Gasteiger partial charge on any atom is -0.397 e. The molecule has 0 unspecified atom stereocenters. The van der Waals surface area contributed by atoms with Gasteiger partial charge < -0.3 is 5.73 Å². The van der Waals surface area contributed by atoms with Crippen LogP contribution in [0.2, 0.25) is 0 Å². The number of aromatic nitrogens is 2. The number of azide groups is 1. The van der Waals surface area contributed by atoms with E-state index in [2.05, 4.69) is 20.2 Å². The summed E-state index contributed by atoms with van der Waals surface area (Å²) < 4.78 is 0. The van der Waals surface area contributed by atoms with E-state index >= 15 is 0 Å². The van der Waals surface area contributed by atoms with Crippen LogP contribution < -0.4 is 5.73 Å². The first kappa shape index (κ1) is 6.31. The van der Waals surface area contributed by atoms with Crippen LogP contribution in [0.25, 0.3) is 10.4 Å². The molecule has 0 saturated carbocycles. The molecule has 50 valence electrons. The van der Waals surface area contributed by atoms with Gasteiger partial charge in [0.25, 0.3) is 0 Å². The Bertz CT molecular complexity index is 275. The van der Waals surface area contributed by atoms with E-state index in [-0.39, 0.29) is 5.82 Å². The van der Waals surface area contributed by atoms with E-state index in [9.17, 15) is 0 Å². The van der Waals surface area contributed by atoms with Crippen molar-refractivity contribution in [3.8, 4) is 0 Å². The first-order valence-corrected chi connectivity index (χ1v) is 2.46. The number of rotatable bonds is 1. The lowest BCUT2D eigenvalue weighted by molar-refractivity contribution is 1.02. The maximum absolute atomic E-state index is 7.96. The molecule has 0 aromatic carbocycles. The molecule has 6 nitrogen and oxygen atoms in total. The fourth-order valence-electron chi connectivity index (χ4n) is 0.465. The Balaban J connectivity index is 3.06. The Morgan fingerprint density at radius 2 is 2.50 bits per heavy atom. The number of nitrogens with two attached hydrogens (primary N) is 1. The normalized spacial score (nSPS) is 8.40. The molecule has 6 heteroatoms. The highest BCUT2D eigenvalue weighted by atomic mass is 15.2. The van der Waals surface area contributed by atoms with Crippen molar-refractivity contribution >= 4 is 11.5 Å². The summed E-state index contributed by atoms with van der Waals surface area (Å²) in [6.45, 7) is 0. The van der Waals surface area contributed by atoms with Crippen LogP contribution in [-0.4, -0.2) is 10.2 Å². The van der Waals surface area contributed by atoms with Crippen molar-refractivity contribution in [2.45, 2.75) is 0 Å². The van der Waals surface area contributed by atoms with E-state index in [1.807, 2.05) is 0 Å². The molecule has 0 aliphatic heterocycles. The summed E-state index contributed by atoms with van der Waals surface area (Å²) in [7, 11) is 0. The van der Waals surface area contributed by atoms with Gasteiger partial charge in [0.2, 0.25) is 0 Å². The molecule has 1 rings (SSSR count). The highest BCUT2D eigenvalue weighted by Crippen LogP contribution is 2.08. The lowest BCUT2D eigenvalue weighted by atomic mass is 10.5. The van der Waals surface area contributed by atoms with E-state index in [1.54, 1.807) is 0 Å². The predicted octanol–water partition coefficient (Wildman–Crippen LogP) is 1.00. The van der Waals surface area contributed by atoms with Crippen molar-refractivity contribution in [3.63, 3.8) is 0 Å². The van der Waals surface area contributed by atoms with E-state index in [1.165, 1.54) is 12.3 Å². The van der Waals surface area contributed by atoms with Gasteiger partial charge in [-0.25, -0.2) is 0 Å². The standard InChI is InChI=1S/C4H4N6/c5-3-1-4(9-10-6)8-7-2-3/h1-2H,(H2,5,8). The number of anilines is 1. The molecule has 0 atom stereocenters. The molecule has 0 fully saturated rings. The molecule has 0 aliphatic carbocycles. The molecule has 0 amide bonds. The summed E-state index contributed by atoms with van der Waals surface area (Å²) in [4.78, 5) is 2.51. The van der Waals surface area contributed by atoms with Gasteiger partial charge in [0.1, 0.15) is 0 Å². The molecule has 0 spiro atoms.